The van der Waals surface area contributed by atoms with Crippen LogP contribution < -0.4 is 10.6 Å². The standard InChI is InChI=1S/C31H47N7O2/c1-7-21-13-14-27-23(15-19-35-38(27)29(2,3)31(6,40)30(4,5)39)26(37-32)20-33-18-16-24(21)36-25-12-8-10-22-11-9-17-34-28(22)25/h8-13,17,19,23-24,26-27,32-33,36,39-40H,7,14-16,18,20H2,1-6H3. The normalized spacial score (nSPS) is 26.3. The third-order valence-corrected chi connectivity index (χ3v) is 9.41. The molecule has 0 saturated carbocycles. The van der Waals surface area contributed by atoms with Crippen LogP contribution in [0.5, 0.6) is 0 Å². The maximum absolute atomic E-state index is 11.6. The van der Waals surface area contributed by atoms with E-state index in [2.05, 4.69) is 58.0 Å². The lowest BCUT2D eigenvalue weighted by Gasteiger charge is -2.56. The Morgan fingerprint density at radius 3 is 2.58 bits per heavy atom. The number of benzene rings is 1. The van der Waals surface area contributed by atoms with Crippen molar-refractivity contribution in [2.75, 3.05) is 18.4 Å². The minimum Gasteiger partial charge on any atom is -0.387 e. The van der Waals surface area contributed by atoms with Gasteiger partial charge in [-0.1, -0.05) is 36.8 Å². The first kappa shape index (κ1) is 30.1. The number of rotatable bonds is 7. The molecular weight excluding hydrogens is 502 g/mol. The van der Waals surface area contributed by atoms with E-state index in [0.717, 1.165) is 36.0 Å². The number of hydrogen-bond acceptors (Lipinski definition) is 9. The Kier molecular flexibility index (Phi) is 8.97. The van der Waals surface area contributed by atoms with Crippen molar-refractivity contribution in [3.8, 4) is 0 Å². The van der Waals surface area contributed by atoms with Crippen LogP contribution in [-0.4, -0.2) is 74.4 Å². The molecule has 3 heterocycles. The van der Waals surface area contributed by atoms with Gasteiger partial charge in [-0.15, -0.1) is 0 Å². The monoisotopic (exact) mass is 549 g/mol. The molecule has 0 fully saturated rings. The number of hydrazone groups is 1. The number of aliphatic hydroxyl groups is 2. The van der Waals surface area contributed by atoms with Crippen molar-refractivity contribution in [3.05, 3.63) is 48.2 Å². The molecule has 4 rings (SSSR count). The fraction of sp³-hybridized carbons (Fsp3) is 0.613. The smallest absolute Gasteiger partial charge is 0.114 e. The molecule has 0 amide bonds. The van der Waals surface area contributed by atoms with E-state index in [1.807, 2.05) is 37.3 Å². The predicted molar refractivity (Wildman–Crippen MR) is 162 cm³/mol. The third-order valence-electron chi connectivity index (χ3n) is 9.41. The minimum atomic E-state index is -1.47. The Balaban J connectivity index is 1.72. The van der Waals surface area contributed by atoms with Gasteiger partial charge in [-0.05, 0) is 79.0 Å². The minimum absolute atomic E-state index is 0.0283. The maximum Gasteiger partial charge on any atom is 0.114 e. The Morgan fingerprint density at radius 2 is 1.88 bits per heavy atom. The van der Waals surface area contributed by atoms with Crippen LogP contribution in [0, 0.1) is 11.4 Å². The number of anilines is 1. The average molecular weight is 550 g/mol. The van der Waals surface area contributed by atoms with Crippen molar-refractivity contribution < 1.29 is 10.2 Å². The van der Waals surface area contributed by atoms with Gasteiger partial charge in [0.2, 0.25) is 0 Å². The van der Waals surface area contributed by atoms with Crippen molar-refractivity contribution in [1.82, 2.24) is 15.3 Å². The quantitative estimate of drug-likeness (QED) is 0.241. The van der Waals surface area contributed by atoms with E-state index in [4.69, 9.17) is 10.6 Å². The van der Waals surface area contributed by atoms with Crippen molar-refractivity contribution in [3.63, 3.8) is 0 Å². The summed E-state index contributed by atoms with van der Waals surface area (Å²) in [6.07, 6.45) is 9.18. The highest BCUT2D eigenvalue weighted by Gasteiger charge is 2.55. The lowest BCUT2D eigenvalue weighted by Crippen LogP contribution is -2.69. The second-order valence-corrected chi connectivity index (χ2v) is 12.4. The van der Waals surface area contributed by atoms with Crippen molar-refractivity contribution in [1.29, 1.82) is 5.53 Å². The maximum atomic E-state index is 11.6. The van der Waals surface area contributed by atoms with Crippen molar-refractivity contribution in [2.24, 2.45) is 16.1 Å². The van der Waals surface area contributed by atoms with Gasteiger partial charge in [0, 0.05) is 36.3 Å². The van der Waals surface area contributed by atoms with Crippen molar-refractivity contribution >= 4 is 22.8 Å². The molecular formula is C31H47N7O2. The van der Waals surface area contributed by atoms with Crippen LogP contribution in [0.3, 0.4) is 0 Å². The highest BCUT2D eigenvalue weighted by Crippen LogP contribution is 2.42. The number of nitrogens with zero attached hydrogens (tertiary/aromatic N) is 4. The zero-order valence-electron chi connectivity index (χ0n) is 24.9. The van der Waals surface area contributed by atoms with E-state index < -0.39 is 16.7 Å². The molecule has 9 heteroatoms. The number of hydrogen-bond donors (Lipinski definition) is 5. The highest BCUT2D eigenvalue weighted by molar-refractivity contribution is 5.90. The molecule has 218 valence electrons. The second-order valence-electron chi connectivity index (χ2n) is 12.4. The lowest BCUT2D eigenvalue weighted by molar-refractivity contribution is -0.201. The molecule has 1 aromatic carbocycles. The fourth-order valence-electron chi connectivity index (χ4n) is 6.25. The molecule has 1 aromatic heterocycles. The van der Waals surface area contributed by atoms with E-state index in [1.165, 1.54) is 5.57 Å². The summed E-state index contributed by atoms with van der Waals surface area (Å²) in [5, 5.41) is 41.9. The number of nitrogens with one attached hydrogen (secondary N) is 3. The third kappa shape index (κ3) is 5.78. The molecule has 2 aliphatic rings. The SMILES string of the molecule is CCC1=CCC2C(CC=NN2C(C)(C)C(C)(O)C(C)(C)O)C(N=N)CNCCC1Nc1cccc2cccnc12. The van der Waals surface area contributed by atoms with Gasteiger partial charge in [0.15, 0.2) is 0 Å². The predicted octanol–water partition coefficient (Wildman–Crippen LogP) is 5.11. The summed E-state index contributed by atoms with van der Waals surface area (Å²) >= 11 is 0. The van der Waals surface area contributed by atoms with Crippen LogP contribution in [0.1, 0.15) is 67.2 Å². The van der Waals surface area contributed by atoms with Gasteiger partial charge < -0.3 is 20.8 Å². The molecule has 2 aliphatic heterocycles. The van der Waals surface area contributed by atoms with Crippen LogP contribution >= 0.6 is 0 Å². The van der Waals surface area contributed by atoms with Crippen molar-refractivity contribution in [2.45, 2.75) is 102 Å². The van der Waals surface area contributed by atoms with E-state index in [-0.39, 0.29) is 24.0 Å². The van der Waals surface area contributed by atoms with Gasteiger partial charge in [-0.2, -0.15) is 10.2 Å². The number of pyridine rings is 1. The Hall–Kier alpha value is -2.88. The highest BCUT2D eigenvalue weighted by atomic mass is 16.4. The summed E-state index contributed by atoms with van der Waals surface area (Å²) in [5.74, 6) is 0.0283. The summed E-state index contributed by atoms with van der Waals surface area (Å²) in [7, 11) is 0. The van der Waals surface area contributed by atoms with Crippen LogP contribution in [0.4, 0.5) is 5.69 Å². The molecule has 2 aromatic rings. The first-order valence-electron chi connectivity index (χ1n) is 14.6. The number of fused-ring (bicyclic) bond motifs is 2. The molecule has 5 N–H and O–H groups in total. The second kappa shape index (κ2) is 11.9. The zero-order chi connectivity index (χ0) is 29.1. The van der Waals surface area contributed by atoms with Crippen LogP contribution in [0.2, 0.25) is 0 Å². The van der Waals surface area contributed by atoms with E-state index in [0.29, 0.717) is 19.4 Å². The molecule has 9 nitrogen and oxygen atoms in total. The van der Waals surface area contributed by atoms with Gasteiger partial charge in [0.05, 0.1) is 34.4 Å². The fourth-order valence-corrected chi connectivity index (χ4v) is 6.25. The summed E-state index contributed by atoms with van der Waals surface area (Å²) in [4.78, 5) is 4.65. The van der Waals surface area contributed by atoms with E-state index >= 15 is 0 Å². The summed E-state index contributed by atoms with van der Waals surface area (Å²) < 4.78 is 0. The Morgan fingerprint density at radius 1 is 1.12 bits per heavy atom. The van der Waals surface area contributed by atoms with E-state index in [1.54, 1.807) is 20.8 Å². The molecule has 0 bridgehead atoms. The molecule has 40 heavy (non-hydrogen) atoms. The van der Waals surface area contributed by atoms with Gasteiger partial charge in [-0.25, -0.2) is 5.53 Å². The lowest BCUT2D eigenvalue weighted by atomic mass is 9.71. The molecule has 5 unspecified atom stereocenters. The van der Waals surface area contributed by atoms with Crippen LogP contribution in [0.25, 0.3) is 10.9 Å². The first-order chi connectivity index (χ1) is 18.9. The van der Waals surface area contributed by atoms with Gasteiger partial charge in [-0.3, -0.25) is 9.99 Å². The summed E-state index contributed by atoms with van der Waals surface area (Å²) in [6.45, 7) is 12.4. The molecule has 0 radical (unpaired) electrons. The molecule has 0 saturated heterocycles. The average Bonchev–Trinajstić information content (AvgIpc) is 2.95. The van der Waals surface area contributed by atoms with Crippen LogP contribution in [0.15, 0.2) is 58.4 Å². The van der Waals surface area contributed by atoms with Crippen LogP contribution in [-0.2, 0) is 0 Å². The molecule has 0 spiro atoms. The zero-order valence-corrected chi connectivity index (χ0v) is 24.9. The van der Waals surface area contributed by atoms with Gasteiger partial charge in [0.25, 0.3) is 0 Å². The number of para-hydroxylation sites is 1. The largest absolute Gasteiger partial charge is 0.387 e. The molecule has 5 atom stereocenters. The number of aromatic nitrogens is 1. The first-order valence-corrected chi connectivity index (χ1v) is 14.6. The Labute approximate surface area is 238 Å². The Bertz CT molecular complexity index is 1230. The van der Waals surface area contributed by atoms with E-state index in [9.17, 15) is 10.2 Å². The topological polar surface area (TPSA) is 129 Å². The summed E-state index contributed by atoms with van der Waals surface area (Å²) in [6, 6.07) is 10.0. The van der Waals surface area contributed by atoms with Gasteiger partial charge in [0.1, 0.15) is 5.60 Å². The van der Waals surface area contributed by atoms with Gasteiger partial charge >= 0.3 is 0 Å². The summed E-state index contributed by atoms with van der Waals surface area (Å²) in [5.41, 5.74) is 7.59. The molecule has 0 aliphatic carbocycles.